The average molecular weight is 526 g/mol. The van der Waals surface area contributed by atoms with E-state index in [1.165, 1.54) is 12.4 Å². The summed E-state index contributed by atoms with van der Waals surface area (Å²) in [5.74, 6) is 1.59. The molecule has 2 N–H and O–H groups in total. The van der Waals surface area contributed by atoms with E-state index in [1.807, 2.05) is 67.1 Å². The predicted octanol–water partition coefficient (Wildman–Crippen LogP) is 5.72. The molecule has 38 heavy (non-hydrogen) atoms. The maximum absolute atomic E-state index is 11.3. The van der Waals surface area contributed by atoms with Crippen LogP contribution in [0.15, 0.2) is 73.9 Å². The van der Waals surface area contributed by atoms with Crippen LogP contribution in [-0.4, -0.2) is 37.0 Å². The number of ether oxygens (including phenoxy) is 1. The molecule has 1 amide bonds. The second-order valence-electron chi connectivity index (χ2n) is 8.46. The lowest BCUT2D eigenvalue weighted by atomic mass is 10.2. The van der Waals surface area contributed by atoms with Crippen LogP contribution >= 0.6 is 11.6 Å². The van der Waals surface area contributed by atoms with Crippen LogP contribution in [0.1, 0.15) is 11.3 Å². The number of pyridine rings is 1. The third-order valence-electron chi connectivity index (χ3n) is 5.89. The van der Waals surface area contributed by atoms with E-state index < -0.39 is 0 Å². The predicted molar refractivity (Wildman–Crippen MR) is 150 cm³/mol. The molecule has 0 unspecified atom stereocenters. The number of carbonyl (C=O) groups excluding carboxylic acids is 1. The topological polar surface area (TPSA) is 107 Å². The molecular formula is C28H24ClN7O2. The molecule has 0 atom stereocenters. The number of fused-ring (bicyclic) bond motifs is 2. The van der Waals surface area contributed by atoms with Crippen molar-refractivity contribution in [1.29, 1.82) is 0 Å². The van der Waals surface area contributed by atoms with Crippen molar-refractivity contribution in [2.75, 3.05) is 11.9 Å². The lowest BCUT2D eigenvalue weighted by Gasteiger charge is -2.15. The van der Waals surface area contributed by atoms with Crippen molar-refractivity contribution in [3.63, 3.8) is 0 Å². The van der Waals surface area contributed by atoms with E-state index in [4.69, 9.17) is 16.3 Å². The highest BCUT2D eigenvalue weighted by Crippen LogP contribution is 2.37. The van der Waals surface area contributed by atoms with Gasteiger partial charge in [0.15, 0.2) is 5.82 Å². The summed E-state index contributed by atoms with van der Waals surface area (Å²) in [6.07, 6.45) is 8.08. The molecule has 0 radical (unpaired) electrons. The third kappa shape index (κ3) is 5.18. The fraction of sp³-hybridized carbons (Fsp3) is 0.107. The molecule has 9 nitrogen and oxygen atoms in total. The number of nitrogens with one attached hydrogen (secondary N) is 2. The molecule has 3 heterocycles. The number of imidazole rings is 1. The van der Waals surface area contributed by atoms with E-state index in [-0.39, 0.29) is 5.91 Å². The van der Waals surface area contributed by atoms with Crippen LogP contribution in [0, 0.1) is 6.92 Å². The number of rotatable bonds is 8. The van der Waals surface area contributed by atoms with Gasteiger partial charge in [-0.25, -0.2) is 19.9 Å². The Bertz CT molecular complexity index is 1710. The Hall–Kier alpha value is -4.76. The van der Waals surface area contributed by atoms with Gasteiger partial charge in [-0.05, 0) is 55.5 Å². The Morgan fingerprint density at radius 1 is 1.13 bits per heavy atom. The van der Waals surface area contributed by atoms with E-state index in [9.17, 15) is 4.79 Å². The fourth-order valence-electron chi connectivity index (χ4n) is 3.86. The molecule has 0 saturated carbocycles. The maximum Gasteiger partial charge on any atom is 0.243 e. The summed E-state index contributed by atoms with van der Waals surface area (Å²) in [6.45, 7) is 5.69. The number of nitrogens with zero attached hydrogens (tertiary/aromatic N) is 5. The number of benzene rings is 2. The van der Waals surface area contributed by atoms with Crippen LogP contribution in [0.5, 0.6) is 11.5 Å². The molecule has 0 spiro atoms. The molecule has 3 aromatic heterocycles. The Morgan fingerprint density at radius 3 is 2.84 bits per heavy atom. The van der Waals surface area contributed by atoms with Gasteiger partial charge in [0.05, 0.1) is 39.3 Å². The van der Waals surface area contributed by atoms with Crippen molar-refractivity contribution < 1.29 is 9.53 Å². The Morgan fingerprint density at radius 2 is 2.00 bits per heavy atom. The lowest BCUT2D eigenvalue weighted by molar-refractivity contribution is -0.116. The minimum Gasteiger partial charge on any atom is -0.457 e. The van der Waals surface area contributed by atoms with Crippen LogP contribution in [-0.2, 0) is 11.8 Å². The van der Waals surface area contributed by atoms with Crippen LogP contribution in [0.3, 0.4) is 0 Å². The van der Waals surface area contributed by atoms with Crippen molar-refractivity contribution in [1.82, 2.24) is 29.8 Å². The van der Waals surface area contributed by atoms with Gasteiger partial charge in [0.1, 0.15) is 23.3 Å². The van der Waals surface area contributed by atoms with Crippen molar-refractivity contribution in [3.05, 3.63) is 90.1 Å². The van der Waals surface area contributed by atoms with E-state index in [0.29, 0.717) is 51.3 Å². The number of anilines is 2. The van der Waals surface area contributed by atoms with Gasteiger partial charge in [0.2, 0.25) is 5.91 Å². The lowest BCUT2D eigenvalue weighted by Crippen LogP contribution is -2.20. The van der Waals surface area contributed by atoms with Gasteiger partial charge in [-0.3, -0.25) is 4.79 Å². The standard InChI is InChI=1S/C28H24ClN7O2/c1-4-25(37)30-13-5-6-18-7-9-21-27(34-18)28(32-15-31-21)35-20-10-12-24(17(2)26(20)29)38-19-8-11-23-22(14-19)33-16-36(23)3/h4-12,14-16H,1,13H2,2-3H3,(H,30,37)(H,31,32,35). The molecule has 190 valence electrons. The zero-order chi connectivity index (χ0) is 26.6. The summed E-state index contributed by atoms with van der Waals surface area (Å²) >= 11 is 6.74. The number of aryl methyl sites for hydroxylation is 1. The first kappa shape index (κ1) is 24.9. The molecule has 2 aromatic carbocycles. The van der Waals surface area contributed by atoms with Gasteiger partial charge in [-0.2, -0.15) is 0 Å². The minimum atomic E-state index is -0.237. The SMILES string of the molecule is C=CC(=O)NCC=Cc1ccc2ncnc(Nc3ccc(Oc4ccc5c(c4)ncn5C)c(C)c3Cl)c2n1. The molecule has 0 aliphatic carbocycles. The van der Waals surface area contributed by atoms with Crippen molar-refractivity contribution in [2.45, 2.75) is 6.92 Å². The van der Waals surface area contributed by atoms with Crippen LogP contribution in [0.4, 0.5) is 11.5 Å². The fourth-order valence-corrected chi connectivity index (χ4v) is 4.06. The average Bonchev–Trinajstić information content (AvgIpc) is 3.30. The van der Waals surface area contributed by atoms with E-state index >= 15 is 0 Å². The molecule has 0 saturated heterocycles. The number of amides is 1. The summed E-state index contributed by atoms with van der Waals surface area (Å²) in [5, 5.41) is 6.47. The number of hydrogen-bond acceptors (Lipinski definition) is 7. The van der Waals surface area contributed by atoms with Crippen molar-refractivity contribution >= 4 is 57.2 Å². The maximum atomic E-state index is 11.3. The number of carbonyl (C=O) groups is 1. The molecule has 0 fully saturated rings. The van der Waals surface area contributed by atoms with Gasteiger partial charge in [-0.1, -0.05) is 24.3 Å². The van der Waals surface area contributed by atoms with E-state index in [2.05, 4.69) is 37.1 Å². The highest BCUT2D eigenvalue weighted by Gasteiger charge is 2.14. The Labute approximate surface area is 223 Å². The van der Waals surface area contributed by atoms with Crippen molar-refractivity contribution in [2.24, 2.45) is 7.05 Å². The molecular weight excluding hydrogens is 502 g/mol. The minimum absolute atomic E-state index is 0.237. The van der Waals surface area contributed by atoms with Gasteiger partial charge in [0, 0.05) is 25.2 Å². The summed E-state index contributed by atoms with van der Waals surface area (Å²) < 4.78 is 8.08. The normalized spacial score (nSPS) is 11.2. The number of halogens is 1. The molecule has 10 heteroatoms. The molecule has 0 bridgehead atoms. The van der Waals surface area contributed by atoms with E-state index in [0.717, 1.165) is 16.6 Å². The first-order valence-corrected chi connectivity index (χ1v) is 12.1. The summed E-state index contributed by atoms with van der Waals surface area (Å²) in [7, 11) is 1.95. The first-order chi connectivity index (χ1) is 18.4. The summed E-state index contributed by atoms with van der Waals surface area (Å²) in [4.78, 5) is 29.1. The summed E-state index contributed by atoms with van der Waals surface area (Å²) in [6, 6.07) is 13.2. The zero-order valence-corrected chi connectivity index (χ0v) is 21.5. The van der Waals surface area contributed by atoms with Gasteiger partial charge >= 0.3 is 0 Å². The second-order valence-corrected chi connectivity index (χ2v) is 8.84. The third-order valence-corrected chi connectivity index (χ3v) is 6.37. The highest BCUT2D eigenvalue weighted by molar-refractivity contribution is 6.34. The first-order valence-electron chi connectivity index (χ1n) is 11.8. The summed E-state index contributed by atoms with van der Waals surface area (Å²) in [5.41, 5.74) is 5.26. The quantitative estimate of drug-likeness (QED) is 0.249. The molecule has 5 aromatic rings. The molecule has 5 rings (SSSR count). The zero-order valence-electron chi connectivity index (χ0n) is 20.8. The molecule has 0 aliphatic heterocycles. The van der Waals surface area contributed by atoms with Crippen LogP contribution < -0.4 is 15.4 Å². The smallest absolute Gasteiger partial charge is 0.243 e. The second kappa shape index (κ2) is 10.7. The number of hydrogen-bond donors (Lipinski definition) is 2. The van der Waals surface area contributed by atoms with Crippen molar-refractivity contribution in [3.8, 4) is 11.5 Å². The van der Waals surface area contributed by atoms with Crippen LogP contribution in [0.25, 0.3) is 28.1 Å². The van der Waals surface area contributed by atoms with Crippen LogP contribution in [0.2, 0.25) is 5.02 Å². The highest BCUT2D eigenvalue weighted by atomic mass is 35.5. The Kier molecular flexibility index (Phi) is 7.01. The van der Waals surface area contributed by atoms with E-state index in [1.54, 1.807) is 12.4 Å². The molecule has 0 aliphatic rings. The largest absolute Gasteiger partial charge is 0.457 e. The number of aromatic nitrogens is 5. The van der Waals surface area contributed by atoms with Gasteiger partial charge in [0.25, 0.3) is 0 Å². The Balaban J connectivity index is 1.37. The van der Waals surface area contributed by atoms with Gasteiger partial charge in [-0.15, -0.1) is 0 Å². The van der Waals surface area contributed by atoms with Gasteiger partial charge < -0.3 is 19.9 Å². The monoisotopic (exact) mass is 525 g/mol.